The summed E-state index contributed by atoms with van der Waals surface area (Å²) >= 11 is 3.46. The Bertz CT molecular complexity index is 548. The van der Waals surface area contributed by atoms with Gasteiger partial charge < -0.3 is 10.6 Å². The Morgan fingerprint density at radius 2 is 2.00 bits per heavy atom. The molecule has 0 spiro atoms. The van der Waals surface area contributed by atoms with Crippen LogP contribution in [-0.2, 0) is 4.79 Å². The number of nitrogens with zero attached hydrogens (tertiary/aromatic N) is 2. The number of amides is 2. The Hall–Kier alpha value is -1.40. The van der Waals surface area contributed by atoms with Gasteiger partial charge in [0.15, 0.2) is 0 Å². The molecule has 5 nitrogen and oxygen atoms in total. The minimum Gasteiger partial charge on any atom is -0.369 e. The molecule has 2 rings (SSSR count). The second kappa shape index (κ2) is 7.04. The number of primary amides is 1. The van der Waals surface area contributed by atoms with Gasteiger partial charge in [-0.3, -0.25) is 14.5 Å². The highest BCUT2D eigenvalue weighted by Crippen LogP contribution is 2.19. The minimum absolute atomic E-state index is 0.0385. The third kappa shape index (κ3) is 4.28. The summed E-state index contributed by atoms with van der Waals surface area (Å²) < 4.78 is 0.943. The number of carbonyl (C=O) groups is 2. The number of aryl methyl sites for hydroxylation is 1. The maximum Gasteiger partial charge on any atom is 0.253 e. The Kier molecular flexibility index (Phi) is 5.36. The molecule has 1 aromatic rings. The van der Waals surface area contributed by atoms with Crippen molar-refractivity contribution in [2.45, 2.75) is 13.3 Å². The zero-order chi connectivity index (χ0) is 15.4. The fourth-order valence-electron chi connectivity index (χ4n) is 2.46. The molecule has 6 heteroatoms. The van der Waals surface area contributed by atoms with Gasteiger partial charge in [-0.1, -0.05) is 22.0 Å². The van der Waals surface area contributed by atoms with E-state index in [1.165, 1.54) is 0 Å². The van der Waals surface area contributed by atoms with Crippen LogP contribution in [0.4, 0.5) is 0 Å². The molecule has 1 fully saturated rings. The third-order valence-corrected chi connectivity index (χ3v) is 4.53. The van der Waals surface area contributed by atoms with Crippen molar-refractivity contribution in [3.05, 3.63) is 33.8 Å². The summed E-state index contributed by atoms with van der Waals surface area (Å²) in [7, 11) is 0. The van der Waals surface area contributed by atoms with E-state index in [0.717, 1.165) is 23.0 Å². The fourth-order valence-corrected chi connectivity index (χ4v) is 2.84. The van der Waals surface area contributed by atoms with Gasteiger partial charge in [0, 0.05) is 36.2 Å². The average molecular weight is 354 g/mol. The van der Waals surface area contributed by atoms with Crippen molar-refractivity contribution in [3.8, 4) is 0 Å². The molecular weight excluding hydrogens is 334 g/mol. The quantitative estimate of drug-likeness (QED) is 0.892. The summed E-state index contributed by atoms with van der Waals surface area (Å²) in [6.45, 7) is 5.06. The van der Waals surface area contributed by atoms with E-state index in [-0.39, 0.29) is 18.4 Å². The lowest BCUT2D eigenvalue weighted by atomic mass is 10.1. The van der Waals surface area contributed by atoms with Crippen LogP contribution in [0.1, 0.15) is 22.3 Å². The van der Waals surface area contributed by atoms with Crippen molar-refractivity contribution in [2.75, 3.05) is 32.7 Å². The molecule has 0 radical (unpaired) electrons. The Morgan fingerprint density at radius 1 is 1.24 bits per heavy atom. The Morgan fingerprint density at radius 3 is 2.67 bits per heavy atom. The highest BCUT2D eigenvalue weighted by molar-refractivity contribution is 9.10. The van der Waals surface area contributed by atoms with Crippen molar-refractivity contribution in [2.24, 2.45) is 5.73 Å². The third-order valence-electron chi connectivity index (χ3n) is 3.67. The van der Waals surface area contributed by atoms with Crippen molar-refractivity contribution in [1.29, 1.82) is 0 Å². The van der Waals surface area contributed by atoms with Crippen molar-refractivity contribution in [3.63, 3.8) is 0 Å². The van der Waals surface area contributed by atoms with Crippen LogP contribution in [0.3, 0.4) is 0 Å². The summed E-state index contributed by atoms with van der Waals surface area (Å²) in [5, 5.41) is 0. The van der Waals surface area contributed by atoms with Crippen LogP contribution >= 0.6 is 15.9 Å². The van der Waals surface area contributed by atoms with Crippen molar-refractivity contribution < 1.29 is 9.59 Å². The van der Waals surface area contributed by atoms with Gasteiger partial charge in [0.05, 0.1) is 6.54 Å². The molecule has 21 heavy (non-hydrogen) atoms. The molecule has 1 aromatic carbocycles. The summed E-state index contributed by atoms with van der Waals surface area (Å²) in [5.74, 6) is -0.283. The first-order chi connectivity index (χ1) is 9.97. The smallest absolute Gasteiger partial charge is 0.253 e. The van der Waals surface area contributed by atoms with Gasteiger partial charge in [0.25, 0.3) is 5.91 Å². The molecule has 2 N–H and O–H groups in total. The van der Waals surface area contributed by atoms with Gasteiger partial charge in [-0.05, 0) is 31.0 Å². The zero-order valence-electron chi connectivity index (χ0n) is 12.1. The van der Waals surface area contributed by atoms with E-state index in [0.29, 0.717) is 25.2 Å². The maximum atomic E-state index is 12.5. The minimum atomic E-state index is -0.322. The maximum absolute atomic E-state index is 12.5. The van der Waals surface area contributed by atoms with Gasteiger partial charge >= 0.3 is 0 Å². The van der Waals surface area contributed by atoms with Crippen LogP contribution in [0.15, 0.2) is 22.7 Å². The summed E-state index contributed by atoms with van der Waals surface area (Å²) in [4.78, 5) is 27.4. The second-order valence-corrected chi connectivity index (χ2v) is 6.21. The van der Waals surface area contributed by atoms with Crippen molar-refractivity contribution in [1.82, 2.24) is 9.80 Å². The summed E-state index contributed by atoms with van der Waals surface area (Å²) in [5.41, 5.74) is 7.02. The van der Waals surface area contributed by atoms with Crippen LogP contribution < -0.4 is 5.73 Å². The number of carbonyl (C=O) groups excluding carboxylic acids is 2. The molecular formula is C15H20BrN3O2. The monoisotopic (exact) mass is 353 g/mol. The number of hydrogen-bond donors (Lipinski definition) is 1. The lowest BCUT2D eigenvalue weighted by molar-refractivity contribution is -0.119. The van der Waals surface area contributed by atoms with Crippen LogP contribution in [0.5, 0.6) is 0 Å². The first kappa shape index (κ1) is 16.0. The second-order valence-electron chi connectivity index (χ2n) is 5.35. The van der Waals surface area contributed by atoms with E-state index in [4.69, 9.17) is 5.73 Å². The largest absolute Gasteiger partial charge is 0.369 e. The van der Waals surface area contributed by atoms with Gasteiger partial charge in [-0.25, -0.2) is 0 Å². The van der Waals surface area contributed by atoms with E-state index < -0.39 is 0 Å². The molecule has 1 aliphatic heterocycles. The number of benzene rings is 1. The zero-order valence-corrected chi connectivity index (χ0v) is 13.7. The highest BCUT2D eigenvalue weighted by atomic mass is 79.9. The SMILES string of the molecule is Cc1ccc(C(=O)N2CCCN(CC(N)=O)CC2)cc1Br. The van der Waals surface area contributed by atoms with Gasteiger partial charge in [0.1, 0.15) is 0 Å². The Labute approximate surface area is 133 Å². The molecule has 0 aromatic heterocycles. The first-order valence-electron chi connectivity index (χ1n) is 7.03. The number of nitrogens with two attached hydrogens (primary N) is 1. The molecule has 1 aliphatic rings. The topological polar surface area (TPSA) is 66.6 Å². The number of rotatable bonds is 3. The predicted octanol–water partition coefficient (Wildman–Crippen LogP) is 1.39. The molecule has 0 atom stereocenters. The predicted molar refractivity (Wildman–Crippen MR) is 85.0 cm³/mol. The number of halogens is 1. The van der Waals surface area contributed by atoms with Crippen LogP contribution in [0, 0.1) is 6.92 Å². The molecule has 0 unspecified atom stereocenters. The fraction of sp³-hybridized carbons (Fsp3) is 0.467. The molecule has 1 heterocycles. The number of hydrogen-bond acceptors (Lipinski definition) is 3. The van der Waals surface area contributed by atoms with E-state index in [1.54, 1.807) is 0 Å². The lowest BCUT2D eigenvalue weighted by Crippen LogP contribution is -2.38. The lowest BCUT2D eigenvalue weighted by Gasteiger charge is -2.21. The van der Waals surface area contributed by atoms with E-state index in [1.807, 2.05) is 34.9 Å². The van der Waals surface area contributed by atoms with E-state index in [9.17, 15) is 9.59 Å². The standard InChI is InChI=1S/C15H20BrN3O2/c1-11-3-4-12(9-13(11)16)15(21)19-6-2-5-18(7-8-19)10-14(17)20/h3-4,9H,2,5-8,10H2,1H3,(H2,17,20). The van der Waals surface area contributed by atoms with Gasteiger partial charge in [-0.2, -0.15) is 0 Å². The molecule has 0 saturated carbocycles. The van der Waals surface area contributed by atoms with Crippen LogP contribution in [-0.4, -0.2) is 54.3 Å². The average Bonchev–Trinajstić information content (AvgIpc) is 2.66. The summed E-state index contributed by atoms with van der Waals surface area (Å²) in [6.07, 6.45) is 0.853. The first-order valence-corrected chi connectivity index (χ1v) is 7.83. The normalized spacial score (nSPS) is 16.6. The molecule has 2 amide bonds. The van der Waals surface area contributed by atoms with E-state index >= 15 is 0 Å². The van der Waals surface area contributed by atoms with Crippen LogP contribution in [0.2, 0.25) is 0 Å². The summed E-state index contributed by atoms with van der Waals surface area (Å²) in [6, 6.07) is 5.66. The van der Waals surface area contributed by atoms with Gasteiger partial charge in [0.2, 0.25) is 5.91 Å². The molecule has 0 bridgehead atoms. The molecule has 1 saturated heterocycles. The Balaban J connectivity index is 2.02. The van der Waals surface area contributed by atoms with Crippen molar-refractivity contribution >= 4 is 27.7 Å². The van der Waals surface area contributed by atoms with Crippen LogP contribution in [0.25, 0.3) is 0 Å². The molecule has 0 aliphatic carbocycles. The highest BCUT2D eigenvalue weighted by Gasteiger charge is 2.21. The molecule has 114 valence electrons. The van der Waals surface area contributed by atoms with E-state index in [2.05, 4.69) is 15.9 Å². The van der Waals surface area contributed by atoms with Gasteiger partial charge in [-0.15, -0.1) is 0 Å².